The summed E-state index contributed by atoms with van der Waals surface area (Å²) in [5, 5.41) is 14.9. The number of carbonyl (C=O) groups excluding carboxylic acids is 1. The number of benzene rings is 2. The van der Waals surface area contributed by atoms with E-state index in [0.717, 1.165) is 17.6 Å². The Morgan fingerprint density at radius 3 is 2.32 bits per heavy atom. The third-order valence-electron chi connectivity index (χ3n) is 8.56. The maximum Gasteiger partial charge on any atom is 0.416 e. The van der Waals surface area contributed by atoms with Gasteiger partial charge in [-0.05, 0) is 79.1 Å². The molecule has 0 bridgehead atoms. The number of nitrogens with zero attached hydrogens (tertiary/aromatic N) is 3. The van der Waals surface area contributed by atoms with Crippen molar-refractivity contribution in [2.45, 2.75) is 70.9 Å². The fourth-order valence-electron chi connectivity index (χ4n) is 6.12. The lowest BCUT2D eigenvalue weighted by Crippen LogP contribution is -2.38. The molecule has 1 N–H and O–H groups in total. The topological polar surface area (TPSA) is 107 Å². The molecule has 15 heteroatoms. The normalized spacial score (nSPS) is 22.1. The summed E-state index contributed by atoms with van der Waals surface area (Å²) in [6, 6.07) is 5.69. The zero-order valence-corrected chi connectivity index (χ0v) is 26.1. The molecule has 2 heterocycles. The summed E-state index contributed by atoms with van der Waals surface area (Å²) < 4.78 is 103. The fourth-order valence-corrected chi connectivity index (χ4v) is 6.12. The molecule has 47 heavy (non-hydrogen) atoms. The van der Waals surface area contributed by atoms with Crippen molar-refractivity contribution < 1.29 is 55.0 Å². The molecule has 1 saturated heterocycles. The van der Waals surface area contributed by atoms with Crippen LogP contribution in [0.15, 0.2) is 46.5 Å². The fraction of sp³-hybridized carbons (Fsp3) is 0.469. The highest BCUT2D eigenvalue weighted by Gasteiger charge is 2.44. The summed E-state index contributed by atoms with van der Waals surface area (Å²) >= 11 is 0. The van der Waals surface area contributed by atoms with Crippen LogP contribution < -0.4 is 4.74 Å². The summed E-state index contributed by atoms with van der Waals surface area (Å²) in [6.07, 6.45) is -11.0. The summed E-state index contributed by atoms with van der Waals surface area (Å²) in [5.74, 6) is -0.471. The van der Waals surface area contributed by atoms with Gasteiger partial charge in [-0.2, -0.15) is 31.3 Å². The highest BCUT2D eigenvalue weighted by Crippen LogP contribution is 2.47. The van der Waals surface area contributed by atoms with Gasteiger partial charge in [-0.1, -0.05) is 24.6 Å². The second-order valence-corrected chi connectivity index (χ2v) is 12.4. The SMILES string of the molecule is COC(=O)c1nc(-c2ccc(OC)c(C3=C(CN4C(O)O[C@H](c5cc(C(F)(F)F)cc(C(F)(F)F)c5)[C@@H]4C)CC(C)(C)CC3)c2)no1. The van der Waals surface area contributed by atoms with Crippen molar-refractivity contribution in [1.82, 2.24) is 15.0 Å². The van der Waals surface area contributed by atoms with Crippen LogP contribution in [-0.4, -0.2) is 59.3 Å². The van der Waals surface area contributed by atoms with Crippen LogP contribution in [0, 0.1) is 5.41 Å². The van der Waals surface area contributed by atoms with Gasteiger partial charge in [0.1, 0.15) is 11.9 Å². The smallest absolute Gasteiger partial charge is 0.416 e. The number of hydrogen-bond donors (Lipinski definition) is 1. The van der Waals surface area contributed by atoms with Gasteiger partial charge in [-0.25, -0.2) is 9.69 Å². The predicted molar refractivity (Wildman–Crippen MR) is 155 cm³/mol. The van der Waals surface area contributed by atoms with Crippen molar-refractivity contribution in [2.75, 3.05) is 20.8 Å². The number of carbonyl (C=O) groups is 1. The van der Waals surface area contributed by atoms with Crippen LogP contribution in [0.3, 0.4) is 0 Å². The van der Waals surface area contributed by atoms with E-state index < -0.39 is 48.0 Å². The average Bonchev–Trinajstić information content (AvgIpc) is 3.60. The summed E-state index contributed by atoms with van der Waals surface area (Å²) in [4.78, 5) is 17.5. The van der Waals surface area contributed by atoms with Gasteiger partial charge in [0.25, 0.3) is 0 Å². The second kappa shape index (κ2) is 12.6. The van der Waals surface area contributed by atoms with E-state index in [1.807, 2.05) is 0 Å². The van der Waals surface area contributed by atoms with Gasteiger partial charge in [-0.3, -0.25) is 0 Å². The maximum atomic E-state index is 13.6. The number of hydrogen-bond acceptors (Lipinski definition) is 9. The van der Waals surface area contributed by atoms with Crippen molar-refractivity contribution in [1.29, 1.82) is 0 Å². The third-order valence-corrected chi connectivity index (χ3v) is 8.56. The Labute approximate surface area is 266 Å². The number of alkyl halides is 6. The van der Waals surface area contributed by atoms with Crippen molar-refractivity contribution in [3.63, 3.8) is 0 Å². The molecule has 1 unspecified atom stereocenters. The number of halogens is 6. The molecule has 1 aliphatic heterocycles. The zero-order valence-electron chi connectivity index (χ0n) is 26.1. The molecule has 0 radical (unpaired) electrons. The van der Waals surface area contributed by atoms with Crippen LogP contribution in [0.2, 0.25) is 0 Å². The molecule has 254 valence electrons. The Balaban J connectivity index is 1.53. The first-order valence-electron chi connectivity index (χ1n) is 14.6. The minimum absolute atomic E-state index is 0.0604. The number of allylic oxidation sites excluding steroid dienone is 1. The standard InChI is InChI=1S/C32H33F6N3O6/c1-16-25(18-10-20(31(33,34)35)13-21(11-18)32(36,37)38)46-29(43)41(16)15-19-14-30(2,3)9-8-22(19)23-12-17(6-7-24(23)44-4)26-39-27(47-40-26)28(42)45-5/h6-7,10-13,16,25,29,43H,8-9,14-15H2,1-5H3/t16-,25-,29?/m0/s1. The third kappa shape index (κ3) is 7.16. The maximum absolute atomic E-state index is 13.6. The lowest BCUT2D eigenvalue weighted by molar-refractivity contribution is -0.150. The average molecular weight is 670 g/mol. The zero-order chi connectivity index (χ0) is 34.5. The molecule has 0 saturated carbocycles. The van der Waals surface area contributed by atoms with Gasteiger partial charge in [0.05, 0.1) is 25.3 Å². The molecular weight excluding hydrogens is 636 g/mol. The molecule has 5 rings (SSSR count). The first kappa shape index (κ1) is 34.4. The van der Waals surface area contributed by atoms with E-state index >= 15 is 0 Å². The van der Waals surface area contributed by atoms with Crippen LogP contribution >= 0.6 is 0 Å². The molecule has 2 aromatic carbocycles. The molecular formula is C32H33F6N3O6. The second-order valence-electron chi connectivity index (χ2n) is 12.4. The number of methoxy groups -OCH3 is 2. The van der Waals surface area contributed by atoms with Gasteiger partial charge in [0.15, 0.2) is 0 Å². The van der Waals surface area contributed by atoms with Gasteiger partial charge in [0, 0.05) is 23.7 Å². The van der Waals surface area contributed by atoms with E-state index in [0.29, 0.717) is 41.9 Å². The van der Waals surface area contributed by atoms with Crippen molar-refractivity contribution >= 4 is 11.5 Å². The van der Waals surface area contributed by atoms with Crippen LogP contribution in [0.4, 0.5) is 26.3 Å². The van der Waals surface area contributed by atoms with Crippen molar-refractivity contribution in [3.05, 3.63) is 70.1 Å². The Morgan fingerprint density at radius 1 is 1.06 bits per heavy atom. The highest BCUT2D eigenvalue weighted by atomic mass is 19.4. The van der Waals surface area contributed by atoms with Gasteiger partial charge < -0.3 is 23.8 Å². The van der Waals surface area contributed by atoms with Crippen LogP contribution in [0.25, 0.3) is 17.0 Å². The van der Waals surface area contributed by atoms with Gasteiger partial charge in [-0.15, -0.1) is 0 Å². The minimum atomic E-state index is -5.03. The first-order valence-corrected chi connectivity index (χ1v) is 14.6. The van der Waals surface area contributed by atoms with E-state index in [9.17, 15) is 36.2 Å². The molecule has 2 aliphatic rings. The Hall–Kier alpha value is -3.95. The van der Waals surface area contributed by atoms with Gasteiger partial charge in [0.2, 0.25) is 12.2 Å². The van der Waals surface area contributed by atoms with E-state index in [-0.39, 0.29) is 35.3 Å². The van der Waals surface area contributed by atoms with Crippen LogP contribution in [-0.2, 0) is 21.8 Å². The quantitative estimate of drug-likeness (QED) is 0.205. The van der Waals surface area contributed by atoms with Gasteiger partial charge >= 0.3 is 24.2 Å². The van der Waals surface area contributed by atoms with E-state index in [1.54, 1.807) is 25.1 Å². The van der Waals surface area contributed by atoms with E-state index in [4.69, 9.17) is 14.0 Å². The molecule has 3 atom stereocenters. The number of esters is 1. The summed E-state index contributed by atoms with van der Waals surface area (Å²) in [6.45, 7) is 5.84. The minimum Gasteiger partial charge on any atom is -0.496 e. The number of rotatable bonds is 7. The molecule has 1 aromatic heterocycles. The Kier molecular flexibility index (Phi) is 9.20. The van der Waals surface area contributed by atoms with Crippen LogP contribution in [0.5, 0.6) is 5.75 Å². The largest absolute Gasteiger partial charge is 0.496 e. The highest BCUT2D eigenvalue weighted by molar-refractivity contribution is 5.84. The number of aromatic nitrogens is 2. The van der Waals surface area contributed by atoms with Crippen LogP contribution in [0.1, 0.15) is 79.1 Å². The molecule has 0 amide bonds. The molecule has 9 nitrogen and oxygen atoms in total. The van der Waals surface area contributed by atoms with E-state index in [2.05, 4.69) is 28.7 Å². The summed E-state index contributed by atoms with van der Waals surface area (Å²) in [7, 11) is 2.69. The monoisotopic (exact) mass is 669 g/mol. The van der Waals surface area contributed by atoms with E-state index in [1.165, 1.54) is 19.1 Å². The lowest BCUT2D eigenvalue weighted by atomic mass is 9.72. The van der Waals surface area contributed by atoms with Crippen molar-refractivity contribution in [3.8, 4) is 17.1 Å². The summed E-state index contributed by atoms with van der Waals surface area (Å²) in [5.41, 5.74) is -0.485. The molecule has 1 aliphatic carbocycles. The molecule has 3 aromatic rings. The number of aliphatic hydroxyl groups excluding tert-OH is 1. The lowest BCUT2D eigenvalue weighted by Gasteiger charge is -2.36. The molecule has 1 fully saturated rings. The predicted octanol–water partition coefficient (Wildman–Crippen LogP) is 7.27. The number of aliphatic hydroxyl groups is 1. The first-order chi connectivity index (χ1) is 21.9. The Morgan fingerprint density at radius 2 is 1.72 bits per heavy atom. The Bertz CT molecular complexity index is 1650. The number of ether oxygens (including phenoxy) is 3. The van der Waals surface area contributed by atoms with Crippen molar-refractivity contribution in [2.24, 2.45) is 5.41 Å². The molecule has 0 spiro atoms.